The molecule has 2 rings (SSSR count). The van der Waals surface area contributed by atoms with Crippen LogP contribution in [0.3, 0.4) is 0 Å². The highest BCUT2D eigenvalue weighted by Crippen LogP contribution is 2.38. The van der Waals surface area contributed by atoms with Gasteiger partial charge in [-0.15, -0.1) is 22.7 Å². The largest absolute Gasteiger partial charge is 0.305 e. The van der Waals surface area contributed by atoms with Crippen molar-refractivity contribution in [1.82, 2.24) is 5.32 Å². The molecule has 0 saturated carbocycles. The maximum Gasteiger partial charge on any atom is 0.0931 e. The second kappa shape index (κ2) is 6.40. The van der Waals surface area contributed by atoms with Crippen LogP contribution < -0.4 is 5.32 Å². The molecule has 18 heavy (non-hydrogen) atoms. The van der Waals surface area contributed by atoms with Gasteiger partial charge in [0.05, 0.1) is 15.4 Å². The van der Waals surface area contributed by atoms with Gasteiger partial charge in [0.15, 0.2) is 0 Å². The monoisotopic (exact) mass is 319 g/mol. The predicted molar refractivity (Wildman–Crippen MR) is 83.5 cm³/mol. The summed E-state index contributed by atoms with van der Waals surface area (Å²) < 4.78 is 0.817. The smallest absolute Gasteiger partial charge is 0.0931 e. The molecule has 0 bridgehead atoms. The number of rotatable bonds is 5. The summed E-state index contributed by atoms with van der Waals surface area (Å²) in [6.45, 7) is 5.17. The number of hydrogen-bond acceptors (Lipinski definition) is 3. The van der Waals surface area contributed by atoms with E-state index < -0.39 is 0 Å². The quantitative estimate of drug-likeness (QED) is 0.765. The van der Waals surface area contributed by atoms with Gasteiger partial charge in [-0.3, -0.25) is 0 Å². The molecule has 0 saturated heterocycles. The van der Waals surface area contributed by atoms with Crippen LogP contribution in [0, 0.1) is 6.92 Å². The zero-order valence-electron chi connectivity index (χ0n) is 10.3. The van der Waals surface area contributed by atoms with E-state index in [1.165, 1.54) is 9.75 Å². The Hall–Kier alpha value is -0.0600. The Kier molecular flexibility index (Phi) is 5.10. The average Bonchev–Trinajstić information content (AvgIpc) is 2.90. The first-order valence-electron chi connectivity index (χ1n) is 5.85. The highest BCUT2D eigenvalue weighted by molar-refractivity contribution is 7.16. The fourth-order valence-electron chi connectivity index (χ4n) is 1.74. The Bertz CT molecular complexity index is 519. The van der Waals surface area contributed by atoms with Crippen molar-refractivity contribution in [3.63, 3.8) is 0 Å². The topological polar surface area (TPSA) is 12.0 Å². The Morgan fingerprint density at radius 1 is 1.33 bits per heavy atom. The maximum atomic E-state index is 6.38. The van der Waals surface area contributed by atoms with Gasteiger partial charge in [-0.25, -0.2) is 0 Å². The number of halogens is 2. The fourth-order valence-corrected chi connectivity index (χ4v) is 4.35. The predicted octanol–water partition coefficient (Wildman–Crippen LogP) is 5.51. The van der Waals surface area contributed by atoms with E-state index in [1.54, 1.807) is 22.7 Å². The molecule has 0 aliphatic rings. The minimum atomic E-state index is 0.161. The molecule has 0 spiro atoms. The lowest BCUT2D eigenvalue weighted by Gasteiger charge is -2.16. The molecule has 1 nitrogen and oxygen atoms in total. The van der Waals surface area contributed by atoms with Crippen molar-refractivity contribution < 1.29 is 0 Å². The first kappa shape index (κ1) is 14.4. The van der Waals surface area contributed by atoms with Gasteiger partial charge in [0, 0.05) is 9.75 Å². The van der Waals surface area contributed by atoms with Crippen LogP contribution in [0.2, 0.25) is 9.36 Å². The van der Waals surface area contributed by atoms with Crippen LogP contribution in [0.5, 0.6) is 0 Å². The lowest BCUT2D eigenvalue weighted by Crippen LogP contribution is -2.21. The van der Waals surface area contributed by atoms with Crippen molar-refractivity contribution in [1.29, 1.82) is 0 Å². The molecule has 1 unspecified atom stereocenters. The summed E-state index contributed by atoms with van der Waals surface area (Å²) in [5.41, 5.74) is 1.14. The van der Waals surface area contributed by atoms with Crippen LogP contribution in [-0.4, -0.2) is 6.54 Å². The van der Waals surface area contributed by atoms with E-state index in [1.807, 2.05) is 13.0 Å². The molecule has 5 heteroatoms. The Morgan fingerprint density at radius 2 is 2.11 bits per heavy atom. The maximum absolute atomic E-state index is 6.38. The molecular weight excluding hydrogens is 305 g/mol. The molecule has 0 amide bonds. The first-order chi connectivity index (χ1) is 8.63. The summed E-state index contributed by atoms with van der Waals surface area (Å²) in [6.07, 6.45) is 1.09. The van der Waals surface area contributed by atoms with E-state index in [0.29, 0.717) is 0 Å². The molecule has 0 aliphatic carbocycles. The third-order valence-corrected chi connectivity index (χ3v) is 5.74. The standard InChI is InChI=1S/C13H15Cl2NS2/c1-3-6-16-12(9-4-5-10(14)18-9)13-11(15)8(2)7-17-13/h4-5,7,12,16H,3,6H2,1-2H3. The zero-order valence-corrected chi connectivity index (χ0v) is 13.4. The van der Waals surface area contributed by atoms with Gasteiger partial charge in [0.2, 0.25) is 0 Å². The van der Waals surface area contributed by atoms with Crippen molar-refractivity contribution in [3.05, 3.63) is 42.2 Å². The number of nitrogens with one attached hydrogen (secondary N) is 1. The molecule has 0 radical (unpaired) electrons. The van der Waals surface area contributed by atoms with Gasteiger partial charge in [0.1, 0.15) is 0 Å². The summed E-state index contributed by atoms with van der Waals surface area (Å²) in [5, 5.41) is 6.53. The average molecular weight is 320 g/mol. The van der Waals surface area contributed by atoms with Gasteiger partial charge in [-0.05, 0) is 43.0 Å². The Morgan fingerprint density at radius 3 is 2.61 bits per heavy atom. The van der Waals surface area contributed by atoms with Gasteiger partial charge in [0.25, 0.3) is 0 Å². The molecule has 1 N–H and O–H groups in total. The fraction of sp³-hybridized carbons (Fsp3) is 0.385. The van der Waals surface area contributed by atoms with E-state index in [0.717, 1.165) is 27.9 Å². The second-order valence-electron chi connectivity index (χ2n) is 4.13. The van der Waals surface area contributed by atoms with Gasteiger partial charge >= 0.3 is 0 Å². The summed E-state index contributed by atoms with van der Waals surface area (Å²) in [6, 6.07) is 4.18. The molecular formula is C13H15Cl2NS2. The lowest BCUT2D eigenvalue weighted by atomic mass is 10.1. The van der Waals surface area contributed by atoms with Gasteiger partial charge < -0.3 is 5.32 Å². The molecule has 98 valence electrons. The molecule has 0 fully saturated rings. The van der Waals surface area contributed by atoms with E-state index in [2.05, 4.69) is 23.7 Å². The highest BCUT2D eigenvalue weighted by Gasteiger charge is 2.20. The van der Waals surface area contributed by atoms with Crippen LogP contribution in [0.15, 0.2) is 17.5 Å². The minimum Gasteiger partial charge on any atom is -0.305 e. The SMILES string of the molecule is CCCNC(c1ccc(Cl)s1)c1scc(C)c1Cl. The van der Waals surface area contributed by atoms with Crippen molar-refractivity contribution >= 4 is 45.9 Å². The third kappa shape index (κ3) is 3.09. The summed E-state index contributed by atoms with van der Waals surface area (Å²) >= 11 is 15.7. The van der Waals surface area contributed by atoms with E-state index in [4.69, 9.17) is 23.2 Å². The van der Waals surface area contributed by atoms with Crippen molar-refractivity contribution in [2.75, 3.05) is 6.54 Å². The molecule has 1 atom stereocenters. The second-order valence-corrected chi connectivity index (χ2v) is 7.16. The lowest BCUT2D eigenvalue weighted by molar-refractivity contribution is 0.613. The zero-order chi connectivity index (χ0) is 13.1. The molecule has 2 heterocycles. The molecule has 0 aromatic carbocycles. The van der Waals surface area contributed by atoms with Gasteiger partial charge in [-0.2, -0.15) is 0 Å². The number of thiophene rings is 2. The minimum absolute atomic E-state index is 0.161. The Labute approximate surface area is 126 Å². The Balaban J connectivity index is 2.33. The van der Waals surface area contributed by atoms with Crippen LogP contribution in [0.1, 0.15) is 34.7 Å². The molecule has 2 aromatic heterocycles. The van der Waals surface area contributed by atoms with Crippen molar-refractivity contribution in [2.45, 2.75) is 26.3 Å². The van der Waals surface area contributed by atoms with E-state index in [-0.39, 0.29) is 6.04 Å². The van der Waals surface area contributed by atoms with Crippen LogP contribution >= 0.6 is 45.9 Å². The van der Waals surface area contributed by atoms with Crippen LogP contribution in [0.4, 0.5) is 0 Å². The highest BCUT2D eigenvalue weighted by atomic mass is 35.5. The summed E-state index contributed by atoms with van der Waals surface area (Å²) in [4.78, 5) is 2.40. The van der Waals surface area contributed by atoms with E-state index >= 15 is 0 Å². The normalized spacial score (nSPS) is 12.9. The van der Waals surface area contributed by atoms with Gasteiger partial charge in [-0.1, -0.05) is 30.1 Å². The molecule has 2 aromatic rings. The first-order valence-corrected chi connectivity index (χ1v) is 8.30. The van der Waals surface area contributed by atoms with E-state index in [9.17, 15) is 0 Å². The summed E-state index contributed by atoms with van der Waals surface area (Å²) in [7, 11) is 0. The summed E-state index contributed by atoms with van der Waals surface area (Å²) in [5.74, 6) is 0. The van der Waals surface area contributed by atoms with Crippen LogP contribution in [0.25, 0.3) is 0 Å². The third-order valence-electron chi connectivity index (χ3n) is 2.66. The number of aryl methyl sites for hydroxylation is 1. The molecule has 0 aliphatic heterocycles. The van der Waals surface area contributed by atoms with Crippen molar-refractivity contribution in [2.24, 2.45) is 0 Å². The number of hydrogen-bond donors (Lipinski definition) is 1. The van der Waals surface area contributed by atoms with Crippen LogP contribution in [-0.2, 0) is 0 Å². The van der Waals surface area contributed by atoms with Crippen molar-refractivity contribution in [3.8, 4) is 0 Å².